The van der Waals surface area contributed by atoms with E-state index in [1.165, 1.54) is 17.7 Å². The van der Waals surface area contributed by atoms with E-state index in [0.717, 1.165) is 12.4 Å². The van der Waals surface area contributed by atoms with Gasteiger partial charge in [0, 0.05) is 24.1 Å². The molecule has 1 saturated carbocycles. The summed E-state index contributed by atoms with van der Waals surface area (Å²) in [5, 5.41) is 2.10. The van der Waals surface area contributed by atoms with Gasteiger partial charge in [0.05, 0.1) is 6.54 Å². The number of aromatic nitrogens is 2. The first-order valence-electron chi connectivity index (χ1n) is 6.67. The number of hydrogen-bond acceptors (Lipinski definition) is 6. The monoisotopic (exact) mass is 290 g/mol. The topological polar surface area (TPSA) is 64.3 Å². The van der Waals surface area contributed by atoms with E-state index in [0.29, 0.717) is 24.3 Å². The predicted octanol–water partition coefficient (Wildman–Crippen LogP) is 2.44. The van der Waals surface area contributed by atoms with Gasteiger partial charge in [0.15, 0.2) is 5.82 Å². The van der Waals surface area contributed by atoms with Gasteiger partial charge in [-0.3, -0.25) is 0 Å². The molecule has 106 valence electrons. The van der Waals surface area contributed by atoms with Crippen LogP contribution in [0.3, 0.4) is 0 Å². The fraction of sp³-hybridized carbons (Fsp3) is 0.429. The van der Waals surface area contributed by atoms with Crippen molar-refractivity contribution in [3.8, 4) is 0 Å². The van der Waals surface area contributed by atoms with Crippen LogP contribution in [-0.4, -0.2) is 23.1 Å². The molecule has 1 aliphatic carbocycles. The first kappa shape index (κ1) is 13.3. The maximum atomic E-state index is 5.89. The molecule has 20 heavy (non-hydrogen) atoms. The van der Waals surface area contributed by atoms with E-state index in [2.05, 4.69) is 32.4 Å². The lowest BCUT2D eigenvalue weighted by Crippen LogP contribution is -2.26. The van der Waals surface area contributed by atoms with Crippen molar-refractivity contribution in [1.82, 2.24) is 9.97 Å². The molecule has 0 atom stereocenters. The van der Waals surface area contributed by atoms with Crippen molar-refractivity contribution in [3.05, 3.63) is 34.3 Å². The fourth-order valence-electron chi connectivity index (χ4n) is 2.20. The van der Waals surface area contributed by atoms with Crippen LogP contribution >= 0.6 is 11.3 Å². The highest BCUT2D eigenvalue weighted by Crippen LogP contribution is 2.33. The van der Waals surface area contributed by atoms with E-state index in [9.17, 15) is 0 Å². The Hall–Kier alpha value is -1.66. The lowest BCUT2D eigenvalue weighted by molar-refractivity contribution is 0.178. The molecule has 2 aromatic heterocycles. The van der Waals surface area contributed by atoms with Gasteiger partial charge in [-0.25, -0.2) is 9.97 Å². The van der Waals surface area contributed by atoms with Crippen molar-refractivity contribution in [1.29, 1.82) is 0 Å². The van der Waals surface area contributed by atoms with E-state index in [4.69, 9.17) is 10.5 Å². The van der Waals surface area contributed by atoms with Gasteiger partial charge in [0.1, 0.15) is 18.2 Å². The van der Waals surface area contributed by atoms with E-state index in [-0.39, 0.29) is 0 Å². The Morgan fingerprint density at radius 2 is 2.30 bits per heavy atom. The summed E-state index contributed by atoms with van der Waals surface area (Å²) in [6.45, 7) is 1.26. The fourth-order valence-corrected chi connectivity index (χ4v) is 2.90. The standard InChI is InChI=1S/C14H18N4OS/c1-19-9-13-16-12(15)7-14(17-13)18(10-4-5-10)8-11-3-2-6-20-11/h2-3,6-7,10H,4-5,8-9H2,1H3,(H2,15,16,17). The second kappa shape index (κ2) is 5.76. The average Bonchev–Trinajstić information content (AvgIpc) is 3.12. The van der Waals surface area contributed by atoms with Crippen molar-refractivity contribution >= 4 is 23.0 Å². The van der Waals surface area contributed by atoms with Crippen molar-refractivity contribution in [2.24, 2.45) is 0 Å². The van der Waals surface area contributed by atoms with Gasteiger partial charge in [-0.2, -0.15) is 0 Å². The molecule has 0 radical (unpaired) electrons. The molecule has 0 unspecified atom stereocenters. The zero-order valence-corrected chi connectivity index (χ0v) is 12.3. The zero-order chi connectivity index (χ0) is 13.9. The Balaban J connectivity index is 1.86. The smallest absolute Gasteiger partial charge is 0.158 e. The van der Waals surface area contributed by atoms with E-state index in [1.807, 2.05) is 6.07 Å². The maximum absolute atomic E-state index is 5.89. The van der Waals surface area contributed by atoms with Crippen LogP contribution in [0.5, 0.6) is 0 Å². The van der Waals surface area contributed by atoms with Gasteiger partial charge in [0.2, 0.25) is 0 Å². The largest absolute Gasteiger partial charge is 0.384 e. The molecule has 0 bridgehead atoms. The molecule has 6 heteroatoms. The number of hydrogen-bond donors (Lipinski definition) is 1. The number of nitrogen functional groups attached to an aromatic ring is 1. The van der Waals surface area contributed by atoms with Crippen molar-refractivity contribution < 1.29 is 4.74 Å². The Morgan fingerprint density at radius 1 is 1.45 bits per heavy atom. The average molecular weight is 290 g/mol. The van der Waals surface area contributed by atoms with Crippen LogP contribution in [0, 0.1) is 0 Å². The summed E-state index contributed by atoms with van der Waals surface area (Å²) >= 11 is 1.77. The van der Waals surface area contributed by atoms with E-state index >= 15 is 0 Å². The molecular formula is C14H18N4OS. The third-order valence-electron chi connectivity index (χ3n) is 3.24. The van der Waals surface area contributed by atoms with Crippen LogP contribution in [0.4, 0.5) is 11.6 Å². The van der Waals surface area contributed by atoms with Gasteiger partial charge in [0.25, 0.3) is 0 Å². The second-order valence-electron chi connectivity index (χ2n) is 4.94. The predicted molar refractivity (Wildman–Crippen MR) is 80.7 cm³/mol. The third-order valence-corrected chi connectivity index (χ3v) is 4.10. The normalized spacial score (nSPS) is 14.4. The second-order valence-corrected chi connectivity index (χ2v) is 5.97. The Kier molecular flexibility index (Phi) is 3.84. The van der Waals surface area contributed by atoms with Gasteiger partial charge in [-0.05, 0) is 24.3 Å². The number of nitrogens with two attached hydrogens (primary N) is 1. The van der Waals surface area contributed by atoms with E-state index < -0.39 is 0 Å². The minimum Gasteiger partial charge on any atom is -0.384 e. The lowest BCUT2D eigenvalue weighted by Gasteiger charge is -2.23. The summed E-state index contributed by atoms with van der Waals surface area (Å²) in [4.78, 5) is 12.4. The summed E-state index contributed by atoms with van der Waals surface area (Å²) < 4.78 is 5.10. The Morgan fingerprint density at radius 3 is 2.95 bits per heavy atom. The molecule has 1 fully saturated rings. The molecular weight excluding hydrogens is 272 g/mol. The summed E-state index contributed by atoms with van der Waals surface area (Å²) in [6.07, 6.45) is 2.43. The molecule has 2 heterocycles. The molecule has 2 N–H and O–H groups in total. The number of anilines is 2. The summed E-state index contributed by atoms with van der Waals surface area (Å²) in [6, 6.07) is 6.66. The SMILES string of the molecule is COCc1nc(N)cc(N(Cc2cccs2)C2CC2)n1. The minimum atomic E-state index is 0.384. The minimum absolute atomic E-state index is 0.384. The van der Waals surface area contributed by atoms with Crippen molar-refractivity contribution in [2.75, 3.05) is 17.7 Å². The van der Waals surface area contributed by atoms with Crippen LogP contribution < -0.4 is 10.6 Å². The molecule has 0 aromatic carbocycles. The third kappa shape index (κ3) is 3.08. The van der Waals surface area contributed by atoms with Gasteiger partial charge < -0.3 is 15.4 Å². The lowest BCUT2D eigenvalue weighted by atomic mass is 10.3. The Labute approximate surface area is 122 Å². The van der Waals surface area contributed by atoms with Crippen LogP contribution in [0.25, 0.3) is 0 Å². The maximum Gasteiger partial charge on any atom is 0.158 e. The molecule has 0 spiro atoms. The van der Waals surface area contributed by atoms with Crippen LogP contribution in [0.15, 0.2) is 23.6 Å². The van der Waals surface area contributed by atoms with Gasteiger partial charge in [-0.15, -0.1) is 11.3 Å². The molecule has 0 saturated heterocycles. The zero-order valence-electron chi connectivity index (χ0n) is 11.5. The van der Waals surface area contributed by atoms with Crippen LogP contribution in [-0.2, 0) is 17.9 Å². The highest BCUT2D eigenvalue weighted by atomic mass is 32.1. The van der Waals surface area contributed by atoms with Gasteiger partial charge >= 0.3 is 0 Å². The van der Waals surface area contributed by atoms with E-state index in [1.54, 1.807) is 18.4 Å². The van der Waals surface area contributed by atoms with Crippen molar-refractivity contribution in [2.45, 2.75) is 32.0 Å². The highest BCUT2D eigenvalue weighted by molar-refractivity contribution is 7.09. The van der Waals surface area contributed by atoms with Gasteiger partial charge in [-0.1, -0.05) is 6.07 Å². The first-order chi connectivity index (χ1) is 9.76. The number of thiophene rings is 1. The number of rotatable bonds is 6. The summed E-state index contributed by atoms with van der Waals surface area (Å²) in [5.41, 5.74) is 5.89. The molecule has 1 aliphatic rings. The molecule has 0 aliphatic heterocycles. The van der Waals surface area contributed by atoms with Crippen LogP contribution in [0.2, 0.25) is 0 Å². The molecule has 3 rings (SSSR count). The first-order valence-corrected chi connectivity index (χ1v) is 7.55. The molecule has 2 aromatic rings. The number of ether oxygens (including phenoxy) is 1. The quantitative estimate of drug-likeness (QED) is 0.885. The van der Waals surface area contributed by atoms with Crippen LogP contribution in [0.1, 0.15) is 23.5 Å². The van der Waals surface area contributed by atoms with Crippen molar-refractivity contribution in [3.63, 3.8) is 0 Å². The number of methoxy groups -OCH3 is 1. The molecule has 0 amide bonds. The summed E-state index contributed by atoms with van der Waals surface area (Å²) in [5.74, 6) is 2.04. The molecule has 5 nitrogen and oxygen atoms in total. The highest BCUT2D eigenvalue weighted by Gasteiger charge is 2.30. The number of nitrogens with zero attached hydrogens (tertiary/aromatic N) is 3. The Bertz CT molecular complexity index is 569. The summed E-state index contributed by atoms with van der Waals surface area (Å²) in [7, 11) is 1.64.